The second kappa shape index (κ2) is 5.13. The van der Waals surface area contributed by atoms with Crippen molar-refractivity contribution < 1.29 is 19.1 Å². The van der Waals surface area contributed by atoms with Gasteiger partial charge in [0.25, 0.3) is 0 Å². The van der Waals surface area contributed by atoms with Crippen LogP contribution in [0.15, 0.2) is 28.9 Å². The SMILES string of the molecule is O=C(c1ccco1)c1cc2c(c(Cl)c1Cl)OC(CO)C2. The molecule has 0 aliphatic carbocycles. The molecule has 1 atom stereocenters. The molecule has 0 saturated heterocycles. The number of furan rings is 1. The number of benzene rings is 1. The maximum atomic E-state index is 12.3. The molecular weight excluding hydrogens is 303 g/mol. The zero-order chi connectivity index (χ0) is 14.3. The molecule has 2 heterocycles. The van der Waals surface area contributed by atoms with Crippen LogP contribution in [0, 0.1) is 0 Å². The van der Waals surface area contributed by atoms with Crippen LogP contribution in [0.25, 0.3) is 0 Å². The lowest BCUT2D eigenvalue weighted by atomic mass is 10.0. The smallest absolute Gasteiger partial charge is 0.229 e. The Kier molecular flexibility index (Phi) is 3.46. The largest absolute Gasteiger partial charge is 0.486 e. The van der Waals surface area contributed by atoms with Gasteiger partial charge in [-0.1, -0.05) is 23.2 Å². The number of carbonyl (C=O) groups is 1. The zero-order valence-corrected chi connectivity index (χ0v) is 11.7. The fourth-order valence-electron chi connectivity index (χ4n) is 2.20. The van der Waals surface area contributed by atoms with Gasteiger partial charge in [-0.15, -0.1) is 0 Å². The molecule has 1 unspecified atom stereocenters. The van der Waals surface area contributed by atoms with E-state index in [1.165, 1.54) is 6.26 Å². The van der Waals surface area contributed by atoms with Gasteiger partial charge in [0.1, 0.15) is 16.9 Å². The molecular formula is C14H10Cl2O4. The highest BCUT2D eigenvalue weighted by Gasteiger charge is 2.29. The molecule has 0 spiro atoms. The molecule has 104 valence electrons. The molecule has 20 heavy (non-hydrogen) atoms. The van der Waals surface area contributed by atoms with Gasteiger partial charge in [0.2, 0.25) is 5.78 Å². The Balaban J connectivity index is 2.07. The molecule has 1 aliphatic rings. The normalized spacial score (nSPS) is 16.9. The Hall–Kier alpha value is -1.49. The van der Waals surface area contributed by atoms with Gasteiger partial charge in [-0.2, -0.15) is 0 Å². The van der Waals surface area contributed by atoms with Crippen LogP contribution in [0.3, 0.4) is 0 Å². The first-order chi connectivity index (χ1) is 9.61. The van der Waals surface area contributed by atoms with Gasteiger partial charge >= 0.3 is 0 Å². The Morgan fingerprint density at radius 1 is 1.40 bits per heavy atom. The number of ketones is 1. The molecule has 0 saturated carbocycles. The van der Waals surface area contributed by atoms with E-state index >= 15 is 0 Å². The third kappa shape index (κ3) is 2.10. The highest BCUT2D eigenvalue weighted by Crippen LogP contribution is 2.42. The van der Waals surface area contributed by atoms with Gasteiger partial charge in [-0.05, 0) is 18.2 Å². The summed E-state index contributed by atoms with van der Waals surface area (Å²) in [6, 6.07) is 4.83. The van der Waals surface area contributed by atoms with Crippen LogP contribution in [0.5, 0.6) is 5.75 Å². The first-order valence-corrected chi connectivity index (χ1v) is 6.74. The fraction of sp³-hybridized carbons (Fsp3) is 0.214. The minimum absolute atomic E-state index is 0.121. The van der Waals surface area contributed by atoms with Crippen molar-refractivity contribution in [2.24, 2.45) is 0 Å². The summed E-state index contributed by atoms with van der Waals surface area (Å²) < 4.78 is 10.6. The number of halogens is 2. The summed E-state index contributed by atoms with van der Waals surface area (Å²) in [4.78, 5) is 12.3. The number of aliphatic hydroxyl groups excluding tert-OH is 1. The summed E-state index contributed by atoms with van der Waals surface area (Å²) >= 11 is 12.3. The monoisotopic (exact) mass is 312 g/mol. The summed E-state index contributed by atoms with van der Waals surface area (Å²) in [7, 11) is 0. The average Bonchev–Trinajstić information content (AvgIpc) is 3.10. The summed E-state index contributed by atoms with van der Waals surface area (Å²) in [6.45, 7) is -0.121. The molecule has 2 aromatic rings. The first-order valence-electron chi connectivity index (χ1n) is 5.98. The van der Waals surface area contributed by atoms with E-state index in [0.29, 0.717) is 12.2 Å². The number of aliphatic hydroxyl groups is 1. The Labute approximate surface area is 124 Å². The quantitative estimate of drug-likeness (QED) is 0.885. The highest BCUT2D eigenvalue weighted by molar-refractivity contribution is 6.45. The van der Waals surface area contributed by atoms with Crippen LogP contribution in [-0.2, 0) is 6.42 Å². The molecule has 0 amide bonds. The van der Waals surface area contributed by atoms with Gasteiger partial charge in [-0.25, -0.2) is 0 Å². The lowest BCUT2D eigenvalue weighted by molar-refractivity contribution is 0.101. The van der Waals surface area contributed by atoms with Gasteiger partial charge in [0.05, 0.1) is 17.9 Å². The number of hydrogen-bond donors (Lipinski definition) is 1. The van der Waals surface area contributed by atoms with E-state index in [1.54, 1.807) is 18.2 Å². The maximum Gasteiger partial charge on any atom is 0.229 e. The van der Waals surface area contributed by atoms with Crippen molar-refractivity contribution in [2.45, 2.75) is 12.5 Å². The third-order valence-electron chi connectivity index (χ3n) is 3.16. The Morgan fingerprint density at radius 2 is 2.20 bits per heavy atom. The van der Waals surface area contributed by atoms with E-state index in [-0.39, 0.29) is 39.9 Å². The number of ether oxygens (including phenoxy) is 1. The van der Waals surface area contributed by atoms with Crippen LogP contribution < -0.4 is 4.74 Å². The van der Waals surface area contributed by atoms with Crippen molar-refractivity contribution >= 4 is 29.0 Å². The second-order valence-electron chi connectivity index (χ2n) is 4.47. The Bertz CT molecular complexity index is 664. The van der Waals surface area contributed by atoms with Crippen molar-refractivity contribution in [2.75, 3.05) is 6.61 Å². The lowest BCUT2D eigenvalue weighted by Crippen LogP contribution is -2.17. The van der Waals surface area contributed by atoms with E-state index < -0.39 is 0 Å². The van der Waals surface area contributed by atoms with E-state index in [0.717, 1.165) is 5.56 Å². The third-order valence-corrected chi connectivity index (χ3v) is 4.01. The molecule has 1 aromatic carbocycles. The molecule has 1 aromatic heterocycles. The van der Waals surface area contributed by atoms with Crippen LogP contribution in [0.4, 0.5) is 0 Å². The van der Waals surface area contributed by atoms with E-state index in [4.69, 9.17) is 37.5 Å². The van der Waals surface area contributed by atoms with Gasteiger partial charge < -0.3 is 14.3 Å². The van der Waals surface area contributed by atoms with Crippen LogP contribution in [-0.4, -0.2) is 23.6 Å². The van der Waals surface area contributed by atoms with Crippen molar-refractivity contribution in [3.63, 3.8) is 0 Å². The van der Waals surface area contributed by atoms with Gasteiger partial charge in [0, 0.05) is 17.5 Å². The second-order valence-corrected chi connectivity index (χ2v) is 5.23. The van der Waals surface area contributed by atoms with Gasteiger partial charge in [0.15, 0.2) is 5.76 Å². The topological polar surface area (TPSA) is 59.7 Å². The van der Waals surface area contributed by atoms with Crippen molar-refractivity contribution in [3.8, 4) is 5.75 Å². The Morgan fingerprint density at radius 3 is 2.85 bits per heavy atom. The first kappa shape index (κ1) is 13.5. The lowest BCUT2D eigenvalue weighted by Gasteiger charge is -2.09. The predicted octanol–water partition coefficient (Wildman–Crippen LogP) is 3.11. The van der Waals surface area contributed by atoms with Crippen LogP contribution >= 0.6 is 23.2 Å². The average molecular weight is 313 g/mol. The van der Waals surface area contributed by atoms with Crippen molar-refractivity contribution in [1.29, 1.82) is 0 Å². The van der Waals surface area contributed by atoms with E-state index in [9.17, 15) is 4.79 Å². The zero-order valence-electron chi connectivity index (χ0n) is 10.2. The van der Waals surface area contributed by atoms with Crippen LogP contribution in [0.1, 0.15) is 21.7 Å². The molecule has 1 aliphatic heterocycles. The number of rotatable bonds is 3. The summed E-state index contributed by atoms with van der Waals surface area (Å²) in [5.74, 6) is 0.296. The standard InChI is InChI=1S/C14H10Cl2O4/c15-11-9(13(18)10-2-1-3-19-10)5-7-4-8(6-17)20-14(7)12(11)16/h1-3,5,8,17H,4,6H2. The minimum Gasteiger partial charge on any atom is -0.486 e. The highest BCUT2D eigenvalue weighted by atomic mass is 35.5. The number of hydrogen-bond acceptors (Lipinski definition) is 4. The summed E-state index contributed by atoms with van der Waals surface area (Å²) in [6.07, 6.45) is 1.55. The minimum atomic E-state index is -0.354. The molecule has 0 fully saturated rings. The molecule has 6 heteroatoms. The van der Waals surface area contributed by atoms with Crippen molar-refractivity contribution in [1.82, 2.24) is 0 Å². The van der Waals surface area contributed by atoms with Crippen LogP contribution in [0.2, 0.25) is 10.0 Å². The van der Waals surface area contributed by atoms with E-state index in [1.807, 2.05) is 0 Å². The predicted molar refractivity (Wildman–Crippen MR) is 73.8 cm³/mol. The van der Waals surface area contributed by atoms with Crippen molar-refractivity contribution in [3.05, 3.63) is 51.4 Å². The van der Waals surface area contributed by atoms with Gasteiger partial charge in [-0.3, -0.25) is 4.79 Å². The summed E-state index contributed by atoms with van der Waals surface area (Å²) in [5, 5.41) is 9.46. The maximum absolute atomic E-state index is 12.3. The number of carbonyl (C=O) groups excluding carboxylic acids is 1. The fourth-order valence-corrected chi connectivity index (χ4v) is 2.70. The molecule has 3 rings (SSSR count). The number of fused-ring (bicyclic) bond motifs is 1. The van der Waals surface area contributed by atoms with E-state index in [2.05, 4.69) is 0 Å². The summed E-state index contributed by atoms with van der Waals surface area (Å²) in [5.41, 5.74) is 1.03. The molecule has 0 bridgehead atoms. The molecule has 4 nitrogen and oxygen atoms in total. The molecule has 0 radical (unpaired) electrons. The molecule has 1 N–H and O–H groups in total.